The zero-order valence-corrected chi connectivity index (χ0v) is 20.2. The van der Waals surface area contributed by atoms with Crippen LogP contribution in [-0.4, -0.2) is 52.4 Å². The van der Waals surface area contributed by atoms with Crippen molar-refractivity contribution in [1.29, 1.82) is 0 Å². The summed E-state index contributed by atoms with van der Waals surface area (Å²) in [7, 11) is 0. The molecule has 1 amide bonds. The number of nitro groups is 1. The molecule has 2 atom stereocenters. The molecule has 1 aliphatic carbocycles. The Morgan fingerprint density at radius 3 is 2.48 bits per heavy atom. The van der Waals surface area contributed by atoms with Crippen LogP contribution in [0.5, 0.6) is 0 Å². The van der Waals surface area contributed by atoms with Gasteiger partial charge in [0.2, 0.25) is 5.54 Å². The van der Waals surface area contributed by atoms with E-state index in [0.717, 1.165) is 25.7 Å². The number of piperidine rings is 1. The topological polar surface area (TPSA) is 81.9 Å². The van der Waals surface area contributed by atoms with Gasteiger partial charge >= 0.3 is 6.09 Å². The van der Waals surface area contributed by atoms with Crippen molar-refractivity contribution in [3.8, 4) is 0 Å². The van der Waals surface area contributed by atoms with Crippen LogP contribution in [0.15, 0.2) is 43.0 Å². The standard InChI is InChI=1S/C26H38N2O5/c1-5-16-26(28(30)31)17-9-18-27(24(29)33-25(2,3)4)23(26)19-32-22-14-12-21(13-15-22)20-10-7-6-8-11-20/h5-8,10-11,21-23H,1,9,12-19H2,2-4H3/t21-,22+,23-,26-/m0/s1. The Morgan fingerprint density at radius 1 is 1.24 bits per heavy atom. The molecule has 0 unspecified atom stereocenters. The summed E-state index contributed by atoms with van der Waals surface area (Å²) in [6.45, 7) is 9.72. The van der Waals surface area contributed by atoms with Gasteiger partial charge in [0.25, 0.3) is 0 Å². The summed E-state index contributed by atoms with van der Waals surface area (Å²) in [6.07, 6.45) is 6.11. The first-order valence-electron chi connectivity index (χ1n) is 12.1. The van der Waals surface area contributed by atoms with Crippen LogP contribution in [0.4, 0.5) is 4.79 Å². The molecule has 0 bridgehead atoms. The number of ether oxygens (including phenoxy) is 2. The van der Waals surface area contributed by atoms with E-state index in [4.69, 9.17) is 9.47 Å². The van der Waals surface area contributed by atoms with E-state index in [1.54, 1.807) is 26.8 Å². The maximum absolute atomic E-state index is 13.0. The number of carbonyl (C=O) groups is 1. The molecule has 33 heavy (non-hydrogen) atoms. The SMILES string of the molecule is C=CC[C@]1([N+](=O)[O-])CCCN(C(=O)OC(C)(C)C)[C@H]1CO[C@H]1CC[C@@H](c2ccccc2)CC1. The second-order valence-electron chi connectivity index (χ2n) is 10.4. The lowest BCUT2D eigenvalue weighted by atomic mass is 9.79. The molecule has 1 aromatic carbocycles. The number of amides is 1. The summed E-state index contributed by atoms with van der Waals surface area (Å²) < 4.78 is 11.9. The maximum Gasteiger partial charge on any atom is 0.410 e. The van der Waals surface area contributed by atoms with Gasteiger partial charge in [-0.2, -0.15) is 0 Å². The Kier molecular flexibility index (Phi) is 8.16. The van der Waals surface area contributed by atoms with Crippen LogP contribution >= 0.6 is 0 Å². The van der Waals surface area contributed by atoms with Crippen LogP contribution in [0.3, 0.4) is 0 Å². The van der Waals surface area contributed by atoms with Crippen molar-refractivity contribution < 1.29 is 19.2 Å². The lowest BCUT2D eigenvalue weighted by molar-refractivity contribution is -0.582. The van der Waals surface area contributed by atoms with Crippen molar-refractivity contribution in [2.75, 3.05) is 13.2 Å². The molecule has 0 N–H and O–H groups in total. The zero-order valence-electron chi connectivity index (χ0n) is 20.2. The average Bonchev–Trinajstić information content (AvgIpc) is 2.78. The van der Waals surface area contributed by atoms with E-state index >= 15 is 0 Å². The van der Waals surface area contributed by atoms with E-state index in [1.165, 1.54) is 10.5 Å². The Labute approximate surface area is 197 Å². The zero-order chi connectivity index (χ0) is 24.1. The fraction of sp³-hybridized carbons (Fsp3) is 0.654. The molecule has 1 aromatic rings. The largest absolute Gasteiger partial charge is 0.444 e. The van der Waals surface area contributed by atoms with Gasteiger partial charge in [-0.1, -0.05) is 36.4 Å². The highest BCUT2D eigenvalue weighted by molar-refractivity contribution is 5.69. The summed E-state index contributed by atoms with van der Waals surface area (Å²) in [5, 5.41) is 12.3. The third-order valence-corrected chi connectivity index (χ3v) is 6.93. The molecule has 7 heteroatoms. The smallest absolute Gasteiger partial charge is 0.410 e. The number of benzene rings is 1. The van der Waals surface area contributed by atoms with Crippen molar-refractivity contribution in [2.24, 2.45) is 0 Å². The Balaban J connectivity index is 1.71. The number of likely N-dealkylation sites (tertiary alicyclic amines) is 1. The van der Waals surface area contributed by atoms with Crippen LogP contribution in [0.2, 0.25) is 0 Å². The average molecular weight is 459 g/mol. The molecule has 0 spiro atoms. The predicted octanol–water partition coefficient (Wildman–Crippen LogP) is 5.72. The number of nitrogens with zero attached hydrogens (tertiary/aromatic N) is 2. The molecule has 7 nitrogen and oxygen atoms in total. The molecule has 0 radical (unpaired) electrons. The molecule has 1 saturated heterocycles. The van der Waals surface area contributed by atoms with E-state index in [1.807, 2.05) is 6.07 Å². The van der Waals surface area contributed by atoms with Gasteiger partial charge in [-0.3, -0.25) is 15.0 Å². The van der Waals surface area contributed by atoms with Crippen LogP contribution in [0, 0.1) is 10.1 Å². The highest BCUT2D eigenvalue weighted by Gasteiger charge is 2.56. The van der Waals surface area contributed by atoms with Crippen LogP contribution in [0.25, 0.3) is 0 Å². The minimum absolute atomic E-state index is 0.0422. The van der Waals surface area contributed by atoms with Gasteiger partial charge in [-0.05, 0) is 64.4 Å². The summed E-state index contributed by atoms with van der Waals surface area (Å²) >= 11 is 0. The van der Waals surface area contributed by atoms with Gasteiger partial charge in [-0.25, -0.2) is 4.79 Å². The quantitative estimate of drug-likeness (QED) is 0.296. The van der Waals surface area contributed by atoms with Crippen molar-refractivity contribution >= 4 is 6.09 Å². The van der Waals surface area contributed by atoms with Gasteiger partial charge in [-0.15, -0.1) is 6.58 Å². The Hall–Kier alpha value is -2.41. The Morgan fingerprint density at radius 2 is 1.91 bits per heavy atom. The first-order valence-corrected chi connectivity index (χ1v) is 12.1. The predicted molar refractivity (Wildman–Crippen MR) is 128 cm³/mol. The lowest BCUT2D eigenvalue weighted by Gasteiger charge is -2.44. The van der Waals surface area contributed by atoms with E-state index in [0.29, 0.717) is 25.3 Å². The highest BCUT2D eigenvalue weighted by atomic mass is 16.6. The van der Waals surface area contributed by atoms with Crippen molar-refractivity contribution in [3.05, 3.63) is 58.7 Å². The van der Waals surface area contributed by atoms with E-state index < -0.39 is 23.3 Å². The minimum Gasteiger partial charge on any atom is -0.444 e. The maximum atomic E-state index is 13.0. The Bertz CT molecular complexity index is 814. The van der Waals surface area contributed by atoms with Crippen molar-refractivity contribution in [2.45, 2.75) is 94.9 Å². The molecule has 1 heterocycles. The second-order valence-corrected chi connectivity index (χ2v) is 10.4. The molecule has 1 aliphatic heterocycles. The summed E-state index contributed by atoms with van der Waals surface area (Å²) in [5.74, 6) is 0.526. The van der Waals surface area contributed by atoms with Gasteiger partial charge in [0.1, 0.15) is 11.6 Å². The fourth-order valence-corrected chi connectivity index (χ4v) is 5.24. The molecular formula is C26H38N2O5. The molecule has 3 rings (SSSR count). The molecule has 2 aliphatic rings. The first-order chi connectivity index (χ1) is 15.7. The first kappa shape index (κ1) is 25.2. The summed E-state index contributed by atoms with van der Waals surface area (Å²) in [4.78, 5) is 26.6. The second kappa shape index (κ2) is 10.7. The van der Waals surface area contributed by atoms with E-state index in [9.17, 15) is 14.9 Å². The van der Waals surface area contributed by atoms with Crippen molar-refractivity contribution in [1.82, 2.24) is 4.90 Å². The molecule has 182 valence electrons. The van der Waals surface area contributed by atoms with Crippen molar-refractivity contribution in [3.63, 3.8) is 0 Å². The van der Waals surface area contributed by atoms with Gasteiger partial charge < -0.3 is 9.47 Å². The summed E-state index contributed by atoms with van der Waals surface area (Å²) in [6, 6.07) is 9.83. The number of hydrogen-bond acceptors (Lipinski definition) is 5. The molecular weight excluding hydrogens is 420 g/mol. The minimum atomic E-state index is -1.31. The number of carbonyl (C=O) groups excluding carboxylic acids is 1. The molecule has 0 aromatic heterocycles. The third-order valence-electron chi connectivity index (χ3n) is 6.93. The number of hydrogen-bond donors (Lipinski definition) is 0. The lowest BCUT2D eigenvalue weighted by Crippen LogP contribution is -2.64. The van der Waals surface area contributed by atoms with E-state index in [-0.39, 0.29) is 24.1 Å². The van der Waals surface area contributed by atoms with Crippen LogP contribution in [-0.2, 0) is 9.47 Å². The van der Waals surface area contributed by atoms with E-state index in [2.05, 4.69) is 30.8 Å². The number of rotatable bonds is 7. The van der Waals surface area contributed by atoms with Crippen LogP contribution in [0.1, 0.15) is 77.2 Å². The van der Waals surface area contributed by atoms with Gasteiger partial charge in [0.05, 0.1) is 12.7 Å². The summed E-state index contributed by atoms with van der Waals surface area (Å²) in [5.41, 5.74) is -0.624. The fourth-order valence-electron chi connectivity index (χ4n) is 5.24. The van der Waals surface area contributed by atoms with Crippen LogP contribution < -0.4 is 0 Å². The normalized spacial score (nSPS) is 28.2. The highest BCUT2D eigenvalue weighted by Crippen LogP contribution is 2.38. The molecule has 1 saturated carbocycles. The monoisotopic (exact) mass is 458 g/mol. The third kappa shape index (κ3) is 6.14. The van der Waals surface area contributed by atoms with Gasteiger partial charge in [0, 0.05) is 24.3 Å². The van der Waals surface area contributed by atoms with Gasteiger partial charge in [0.15, 0.2) is 0 Å². The molecule has 2 fully saturated rings.